The van der Waals surface area contributed by atoms with E-state index in [1.165, 1.54) is 29.3 Å². The normalized spacial score (nSPS) is 17.9. The van der Waals surface area contributed by atoms with Gasteiger partial charge in [-0.3, -0.25) is 14.6 Å². The number of methoxy groups -OCH3 is 1. The number of hydrogen-bond acceptors (Lipinski definition) is 6. The first-order valence-electron chi connectivity index (χ1n) is 7.71. The number of thiazole rings is 1. The van der Waals surface area contributed by atoms with Crippen LogP contribution in [0.3, 0.4) is 0 Å². The van der Waals surface area contributed by atoms with E-state index in [2.05, 4.69) is 25.6 Å². The number of carbonyl (C=O) groups is 1. The Labute approximate surface area is 150 Å². The van der Waals surface area contributed by atoms with Gasteiger partial charge in [0.15, 0.2) is 0 Å². The zero-order chi connectivity index (χ0) is 18.3. The molecule has 26 heavy (non-hydrogen) atoms. The molecule has 3 aromatic rings. The smallest absolute Gasteiger partial charge is 0.275 e. The van der Waals surface area contributed by atoms with Crippen LogP contribution in [-0.2, 0) is 6.54 Å². The van der Waals surface area contributed by atoms with E-state index in [0.29, 0.717) is 10.7 Å². The molecular weight excluding hydrogens is 366 g/mol. The predicted octanol–water partition coefficient (Wildman–Crippen LogP) is 2.65. The molecule has 0 aliphatic heterocycles. The van der Waals surface area contributed by atoms with Crippen LogP contribution in [-0.4, -0.2) is 43.9 Å². The zero-order valence-electron chi connectivity index (χ0n) is 13.6. The standard InChI is InChI=1S/C15H14F2N6O2S/c1-25-13-10(6-23(22-13)5-9-2-15(9,16)17)20-12(24)11-7-26-14(21-11)8-3-18-19-4-8/h3-4,6-7,9H,2,5H2,1H3,(H,18,19)(H,20,24). The van der Waals surface area contributed by atoms with Crippen LogP contribution in [0.15, 0.2) is 24.0 Å². The van der Waals surface area contributed by atoms with Crippen LogP contribution < -0.4 is 10.1 Å². The summed E-state index contributed by atoms with van der Waals surface area (Å²) in [6, 6.07) is 0. The molecule has 2 N–H and O–H groups in total. The molecule has 3 heterocycles. The number of nitrogens with one attached hydrogen (secondary N) is 2. The van der Waals surface area contributed by atoms with Gasteiger partial charge in [0.25, 0.3) is 17.7 Å². The van der Waals surface area contributed by atoms with Crippen molar-refractivity contribution in [1.82, 2.24) is 25.0 Å². The van der Waals surface area contributed by atoms with Gasteiger partial charge >= 0.3 is 0 Å². The third-order valence-corrected chi connectivity index (χ3v) is 4.91. The van der Waals surface area contributed by atoms with Gasteiger partial charge in [-0.2, -0.15) is 5.10 Å². The highest BCUT2D eigenvalue weighted by Gasteiger charge is 2.56. The maximum atomic E-state index is 13.1. The Morgan fingerprint density at radius 1 is 1.58 bits per heavy atom. The molecule has 3 aromatic heterocycles. The first kappa shape index (κ1) is 16.6. The van der Waals surface area contributed by atoms with Crippen molar-refractivity contribution < 1.29 is 18.3 Å². The topological polar surface area (TPSA) is 97.7 Å². The minimum atomic E-state index is -2.63. The van der Waals surface area contributed by atoms with E-state index in [0.717, 1.165) is 5.56 Å². The highest BCUT2D eigenvalue weighted by molar-refractivity contribution is 7.13. The van der Waals surface area contributed by atoms with Crippen molar-refractivity contribution in [2.45, 2.75) is 18.9 Å². The lowest BCUT2D eigenvalue weighted by atomic mass is 10.4. The zero-order valence-corrected chi connectivity index (χ0v) is 14.4. The van der Waals surface area contributed by atoms with Gasteiger partial charge in [0.2, 0.25) is 0 Å². The quantitative estimate of drug-likeness (QED) is 0.685. The van der Waals surface area contributed by atoms with Crippen molar-refractivity contribution >= 4 is 22.9 Å². The molecular formula is C15H14F2N6O2S. The molecule has 11 heteroatoms. The summed E-state index contributed by atoms with van der Waals surface area (Å²) >= 11 is 1.31. The number of H-pyrrole nitrogens is 1. The minimum absolute atomic E-state index is 0.0700. The largest absolute Gasteiger partial charge is 0.478 e. The van der Waals surface area contributed by atoms with E-state index >= 15 is 0 Å². The van der Waals surface area contributed by atoms with Gasteiger partial charge in [-0.05, 0) is 0 Å². The summed E-state index contributed by atoms with van der Waals surface area (Å²) in [5, 5.41) is 15.6. The van der Waals surface area contributed by atoms with Gasteiger partial charge in [-0.25, -0.2) is 13.8 Å². The molecule has 0 saturated heterocycles. The first-order valence-corrected chi connectivity index (χ1v) is 8.59. The van der Waals surface area contributed by atoms with E-state index in [4.69, 9.17) is 4.74 Å². The molecule has 0 spiro atoms. The summed E-state index contributed by atoms with van der Waals surface area (Å²) in [7, 11) is 1.40. The maximum Gasteiger partial charge on any atom is 0.275 e. The van der Waals surface area contributed by atoms with Crippen LogP contribution in [0.25, 0.3) is 10.6 Å². The van der Waals surface area contributed by atoms with Gasteiger partial charge in [-0.15, -0.1) is 16.4 Å². The Kier molecular flexibility index (Phi) is 3.94. The number of amides is 1. The molecule has 1 aliphatic rings. The van der Waals surface area contributed by atoms with Gasteiger partial charge in [0.1, 0.15) is 16.4 Å². The number of ether oxygens (including phenoxy) is 1. The van der Waals surface area contributed by atoms with Crippen LogP contribution in [0.1, 0.15) is 16.9 Å². The van der Waals surface area contributed by atoms with Gasteiger partial charge in [0, 0.05) is 36.0 Å². The highest BCUT2D eigenvalue weighted by atomic mass is 32.1. The minimum Gasteiger partial charge on any atom is -0.478 e. The van der Waals surface area contributed by atoms with Gasteiger partial charge in [0.05, 0.1) is 19.5 Å². The van der Waals surface area contributed by atoms with Crippen LogP contribution in [0.4, 0.5) is 14.5 Å². The Hall–Kier alpha value is -2.82. The fourth-order valence-electron chi connectivity index (χ4n) is 2.49. The molecule has 0 bridgehead atoms. The van der Waals surface area contributed by atoms with Crippen LogP contribution in [0.2, 0.25) is 0 Å². The molecule has 0 radical (unpaired) electrons. The molecule has 8 nitrogen and oxygen atoms in total. The Balaban J connectivity index is 1.48. The van der Waals surface area contributed by atoms with Crippen LogP contribution in [0.5, 0.6) is 5.88 Å². The van der Waals surface area contributed by atoms with E-state index in [9.17, 15) is 13.6 Å². The number of aromatic nitrogens is 5. The molecule has 1 saturated carbocycles. The number of hydrogen-bond donors (Lipinski definition) is 2. The lowest BCUT2D eigenvalue weighted by Crippen LogP contribution is -2.12. The molecule has 1 unspecified atom stereocenters. The SMILES string of the molecule is COc1nn(CC2CC2(F)F)cc1NC(=O)c1csc(-c2cn[nH]c2)n1. The molecule has 1 amide bonds. The van der Waals surface area contributed by atoms with Gasteiger partial charge in [-0.1, -0.05) is 0 Å². The number of aromatic amines is 1. The molecule has 0 aromatic carbocycles. The summed E-state index contributed by atoms with van der Waals surface area (Å²) in [5.41, 5.74) is 1.32. The number of nitrogens with zero attached hydrogens (tertiary/aromatic N) is 4. The summed E-state index contributed by atoms with van der Waals surface area (Å²) in [5.74, 6) is -3.64. The van der Waals surface area contributed by atoms with Gasteiger partial charge < -0.3 is 10.1 Å². The fourth-order valence-corrected chi connectivity index (χ4v) is 3.27. The monoisotopic (exact) mass is 380 g/mol. The Morgan fingerprint density at radius 2 is 2.38 bits per heavy atom. The number of alkyl halides is 2. The molecule has 4 rings (SSSR count). The summed E-state index contributed by atoms with van der Waals surface area (Å²) < 4.78 is 32.6. The average Bonchev–Trinajstić information content (AvgIpc) is 3.15. The van der Waals surface area contributed by atoms with Crippen LogP contribution in [0, 0.1) is 5.92 Å². The predicted molar refractivity (Wildman–Crippen MR) is 89.5 cm³/mol. The van der Waals surface area contributed by atoms with Crippen molar-refractivity contribution in [2.75, 3.05) is 12.4 Å². The first-order chi connectivity index (χ1) is 12.5. The lowest BCUT2D eigenvalue weighted by molar-refractivity contribution is 0.0940. The average molecular weight is 380 g/mol. The van der Waals surface area contributed by atoms with E-state index in [1.54, 1.807) is 17.8 Å². The van der Waals surface area contributed by atoms with E-state index < -0.39 is 17.7 Å². The van der Waals surface area contributed by atoms with E-state index in [-0.39, 0.29) is 24.5 Å². The molecule has 1 aliphatic carbocycles. The highest BCUT2D eigenvalue weighted by Crippen LogP contribution is 2.49. The number of carbonyl (C=O) groups excluding carboxylic acids is 1. The van der Waals surface area contributed by atoms with Crippen molar-refractivity contribution in [3.63, 3.8) is 0 Å². The Bertz CT molecular complexity index is 936. The van der Waals surface area contributed by atoms with Crippen LogP contribution >= 0.6 is 11.3 Å². The van der Waals surface area contributed by atoms with Crippen molar-refractivity contribution in [2.24, 2.45) is 5.92 Å². The summed E-state index contributed by atoms with van der Waals surface area (Å²) in [6.45, 7) is 0.0700. The second kappa shape index (κ2) is 6.16. The fraction of sp³-hybridized carbons (Fsp3) is 0.333. The van der Waals surface area contributed by atoms with Crippen molar-refractivity contribution in [1.29, 1.82) is 0 Å². The summed E-state index contributed by atoms with van der Waals surface area (Å²) in [6.07, 6.45) is 4.63. The molecule has 1 atom stereocenters. The number of rotatable bonds is 6. The summed E-state index contributed by atoms with van der Waals surface area (Å²) in [4.78, 5) is 16.7. The maximum absolute atomic E-state index is 13.1. The third-order valence-electron chi connectivity index (χ3n) is 4.01. The lowest BCUT2D eigenvalue weighted by Gasteiger charge is -2.01. The Morgan fingerprint density at radius 3 is 3.04 bits per heavy atom. The second-order valence-electron chi connectivity index (χ2n) is 5.92. The third kappa shape index (κ3) is 3.17. The number of anilines is 1. The van der Waals surface area contributed by atoms with Crippen molar-refractivity contribution in [3.05, 3.63) is 29.7 Å². The second-order valence-corrected chi connectivity index (χ2v) is 6.77. The van der Waals surface area contributed by atoms with Crippen molar-refractivity contribution in [3.8, 4) is 16.5 Å². The molecule has 136 valence electrons. The molecule has 1 fully saturated rings. The van der Waals surface area contributed by atoms with E-state index in [1.807, 2.05) is 0 Å². The number of halogens is 2.